The van der Waals surface area contributed by atoms with Gasteiger partial charge < -0.3 is 9.52 Å². The van der Waals surface area contributed by atoms with Crippen molar-refractivity contribution in [3.8, 4) is 0 Å². The summed E-state index contributed by atoms with van der Waals surface area (Å²) in [4.78, 5) is 10.8. The molecule has 1 unspecified atom stereocenters. The third-order valence-corrected chi connectivity index (χ3v) is 2.81. The largest absolute Gasteiger partial charge is 0.465 e. The molecule has 0 saturated heterocycles. The van der Waals surface area contributed by atoms with Gasteiger partial charge >= 0.3 is 0 Å². The zero-order valence-corrected chi connectivity index (χ0v) is 9.59. The highest BCUT2D eigenvalue weighted by atomic mass is 16.4. The zero-order valence-electron chi connectivity index (χ0n) is 9.59. The molecule has 0 aliphatic heterocycles. The molecule has 1 aromatic heterocycles. The van der Waals surface area contributed by atoms with Gasteiger partial charge in [-0.25, -0.2) is 0 Å². The Bertz CT molecular complexity index is 496. The Kier molecular flexibility index (Phi) is 3.40. The highest BCUT2D eigenvalue weighted by molar-refractivity contribution is 5.76. The number of aldehydes is 1. The van der Waals surface area contributed by atoms with E-state index in [9.17, 15) is 9.90 Å². The molecule has 2 aromatic rings. The smallest absolute Gasteiger partial charge is 0.153 e. The van der Waals surface area contributed by atoms with Crippen LogP contribution in [0.3, 0.4) is 0 Å². The molecular weight excluding hydrogens is 216 g/mol. The summed E-state index contributed by atoms with van der Waals surface area (Å²) in [5.74, 6) is 0.296. The third kappa shape index (κ3) is 2.29. The number of hydrogen-bond acceptors (Lipinski definition) is 3. The lowest BCUT2D eigenvalue weighted by atomic mass is 10.0. The van der Waals surface area contributed by atoms with Crippen molar-refractivity contribution in [2.45, 2.75) is 19.4 Å². The molecule has 0 amide bonds. The molecule has 1 aromatic carbocycles. The molecule has 0 bridgehead atoms. The summed E-state index contributed by atoms with van der Waals surface area (Å²) < 4.78 is 5.15. The average Bonchev–Trinajstić information content (AvgIpc) is 2.86. The minimum Gasteiger partial charge on any atom is -0.465 e. The van der Waals surface area contributed by atoms with Crippen molar-refractivity contribution >= 4 is 6.29 Å². The molecule has 0 saturated carbocycles. The second-order valence-corrected chi connectivity index (χ2v) is 3.86. The molecule has 88 valence electrons. The fourth-order valence-electron chi connectivity index (χ4n) is 1.74. The fraction of sp³-hybridized carbons (Fsp3) is 0.214. The van der Waals surface area contributed by atoms with E-state index in [1.165, 1.54) is 11.8 Å². The van der Waals surface area contributed by atoms with E-state index >= 15 is 0 Å². The van der Waals surface area contributed by atoms with Gasteiger partial charge in [-0.1, -0.05) is 31.2 Å². The summed E-state index contributed by atoms with van der Waals surface area (Å²) in [5, 5.41) is 10.1. The molecule has 3 nitrogen and oxygen atoms in total. The van der Waals surface area contributed by atoms with E-state index in [-0.39, 0.29) is 0 Å². The quantitative estimate of drug-likeness (QED) is 0.821. The van der Waals surface area contributed by atoms with E-state index < -0.39 is 6.10 Å². The molecule has 17 heavy (non-hydrogen) atoms. The second-order valence-electron chi connectivity index (χ2n) is 3.86. The minimum atomic E-state index is -0.892. The monoisotopic (exact) mass is 230 g/mol. The van der Waals surface area contributed by atoms with Crippen LogP contribution in [-0.2, 0) is 6.42 Å². The summed E-state index contributed by atoms with van der Waals surface area (Å²) >= 11 is 0. The highest BCUT2D eigenvalue weighted by Crippen LogP contribution is 2.25. The van der Waals surface area contributed by atoms with Crippen LogP contribution in [0.4, 0.5) is 0 Å². The van der Waals surface area contributed by atoms with Crippen LogP contribution in [0.1, 0.15) is 40.3 Å². The Morgan fingerprint density at radius 2 is 2.00 bits per heavy atom. The van der Waals surface area contributed by atoms with Crippen molar-refractivity contribution in [3.05, 3.63) is 59.0 Å². The van der Waals surface area contributed by atoms with Gasteiger partial charge in [0.15, 0.2) is 6.29 Å². The second kappa shape index (κ2) is 4.97. The van der Waals surface area contributed by atoms with Gasteiger partial charge in [0.2, 0.25) is 0 Å². The lowest BCUT2D eigenvalue weighted by Gasteiger charge is -2.09. The number of furan rings is 1. The third-order valence-electron chi connectivity index (χ3n) is 2.81. The van der Waals surface area contributed by atoms with Crippen LogP contribution in [0.2, 0.25) is 0 Å². The van der Waals surface area contributed by atoms with Gasteiger partial charge in [-0.2, -0.15) is 0 Å². The lowest BCUT2D eigenvalue weighted by Crippen LogP contribution is -2.01. The van der Waals surface area contributed by atoms with Gasteiger partial charge in [-0.15, -0.1) is 0 Å². The molecule has 0 spiro atoms. The molecule has 1 atom stereocenters. The van der Waals surface area contributed by atoms with Crippen LogP contribution in [0.15, 0.2) is 41.0 Å². The van der Waals surface area contributed by atoms with Gasteiger partial charge in [-0.3, -0.25) is 4.79 Å². The van der Waals surface area contributed by atoms with Crippen LogP contribution in [-0.4, -0.2) is 11.4 Å². The predicted octanol–water partition coefficient (Wildman–Crippen LogP) is 2.74. The number of aliphatic hydroxyl groups excluding tert-OH is 1. The Balaban J connectivity index is 2.30. The maximum absolute atomic E-state index is 10.8. The van der Waals surface area contributed by atoms with E-state index in [1.54, 1.807) is 6.07 Å². The van der Waals surface area contributed by atoms with E-state index in [0.29, 0.717) is 17.6 Å². The van der Waals surface area contributed by atoms with Crippen LogP contribution >= 0.6 is 0 Å². The molecule has 0 radical (unpaired) electrons. The van der Waals surface area contributed by atoms with Crippen molar-refractivity contribution in [2.75, 3.05) is 0 Å². The first-order valence-electron chi connectivity index (χ1n) is 5.55. The molecule has 0 aliphatic carbocycles. The van der Waals surface area contributed by atoms with E-state index in [0.717, 1.165) is 12.0 Å². The molecule has 1 heterocycles. The van der Waals surface area contributed by atoms with Crippen molar-refractivity contribution in [1.82, 2.24) is 0 Å². The van der Waals surface area contributed by atoms with Gasteiger partial charge in [0.25, 0.3) is 0 Å². The fourth-order valence-corrected chi connectivity index (χ4v) is 1.74. The normalized spacial score (nSPS) is 12.4. The van der Waals surface area contributed by atoms with Crippen LogP contribution < -0.4 is 0 Å². The number of carbonyl (C=O) groups is 1. The number of carbonyl (C=O) groups excluding carboxylic acids is 1. The highest BCUT2D eigenvalue weighted by Gasteiger charge is 2.17. The number of rotatable bonds is 4. The maximum Gasteiger partial charge on any atom is 0.153 e. The summed E-state index contributed by atoms with van der Waals surface area (Å²) in [5.41, 5.74) is 2.31. The molecule has 0 fully saturated rings. The van der Waals surface area contributed by atoms with Gasteiger partial charge in [0, 0.05) is 0 Å². The SMILES string of the molecule is CCc1ccc(C(O)c2occc2C=O)cc1. The number of aliphatic hydroxyl groups is 1. The summed E-state index contributed by atoms with van der Waals surface area (Å²) in [7, 11) is 0. The van der Waals surface area contributed by atoms with Crippen LogP contribution in [0, 0.1) is 0 Å². The van der Waals surface area contributed by atoms with E-state index in [1.807, 2.05) is 24.3 Å². The van der Waals surface area contributed by atoms with Crippen molar-refractivity contribution < 1.29 is 14.3 Å². The maximum atomic E-state index is 10.8. The van der Waals surface area contributed by atoms with E-state index in [4.69, 9.17) is 4.42 Å². The number of benzene rings is 1. The van der Waals surface area contributed by atoms with Crippen LogP contribution in [0.25, 0.3) is 0 Å². The molecule has 2 rings (SSSR count). The summed E-state index contributed by atoms with van der Waals surface area (Å²) in [6.45, 7) is 2.07. The van der Waals surface area contributed by atoms with Gasteiger partial charge in [-0.05, 0) is 23.6 Å². The minimum absolute atomic E-state index is 0.296. The molecular formula is C14H14O3. The zero-order chi connectivity index (χ0) is 12.3. The summed E-state index contributed by atoms with van der Waals surface area (Å²) in [6.07, 6.45) is 2.15. The Hall–Kier alpha value is -1.87. The number of aryl methyl sites for hydroxylation is 1. The van der Waals surface area contributed by atoms with Crippen molar-refractivity contribution in [1.29, 1.82) is 0 Å². The Morgan fingerprint density at radius 1 is 1.29 bits per heavy atom. The van der Waals surface area contributed by atoms with Gasteiger partial charge in [0.1, 0.15) is 11.9 Å². The molecule has 3 heteroatoms. The molecule has 0 aliphatic rings. The molecule has 1 N–H and O–H groups in total. The number of hydrogen-bond donors (Lipinski definition) is 1. The standard InChI is InChI=1S/C14H14O3/c1-2-10-3-5-11(6-4-10)13(16)14-12(9-15)7-8-17-14/h3-9,13,16H,2H2,1H3. The predicted molar refractivity (Wildman–Crippen MR) is 64.0 cm³/mol. The first-order chi connectivity index (χ1) is 8.26. The van der Waals surface area contributed by atoms with Crippen molar-refractivity contribution in [3.63, 3.8) is 0 Å². The Morgan fingerprint density at radius 3 is 2.59 bits per heavy atom. The van der Waals surface area contributed by atoms with Crippen molar-refractivity contribution in [2.24, 2.45) is 0 Å². The topological polar surface area (TPSA) is 50.4 Å². The summed E-state index contributed by atoms with van der Waals surface area (Å²) in [6, 6.07) is 9.16. The Labute approximate surface area is 99.7 Å². The lowest BCUT2D eigenvalue weighted by molar-refractivity contribution is 0.111. The van der Waals surface area contributed by atoms with Gasteiger partial charge in [0.05, 0.1) is 11.8 Å². The first kappa shape index (κ1) is 11.6. The van der Waals surface area contributed by atoms with Crippen LogP contribution in [0.5, 0.6) is 0 Å². The average molecular weight is 230 g/mol. The van der Waals surface area contributed by atoms with E-state index in [2.05, 4.69) is 6.92 Å². The first-order valence-corrected chi connectivity index (χ1v) is 5.55.